The molecular weight excluding hydrogens is 414 g/mol. The van der Waals surface area contributed by atoms with Crippen molar-refractivity contribution in [1.82, 2.24) is 14.8 Å². The normalized spacial score (nSPS) is 20.3. The third kappa shape index (κ3) is 4.04. The molecule has 2 aliphatic rings. The van der Waals surface area contributed by atoms with Gasteiger partial charge in [-0.05, 0) is 30.0 Å². The standard InChI is InChI=1S/C27H31N3O3/c1-2-3-15-33-16-9-14-29-18-24(31)30-23(27(29)32)17-21-20-12-7-8-13-22(20)28-25(21)26(30)19-10-5-4-6-11-19/h4-8,10-13,23,26,28H,2-3,9,14-18H2,1H3/t23-,26+/m0/s1. The Morgan fingerprint density at radius 1 is 1.00 bits per heavy atom. The van der Waals surface area contributed by atoms with Gasteiger partial charge in [-0.2, -0.15) is 0 Å². The molecule has 0 radical (unpaired) electrons. The smallest absolute Gasteiger partial charge is 0.246 e. The van der Waals surface area contributed by atoms with Crippen LogP contribution >= 0.6 is 0 Å². The molecule has 3 heterocycles. The lowest BCUT2D eigenvalue weighted by Gasteiger charge is -2.47. The van der Waals surface area contributed by atoms with Gasteiger partial charge < -0.3 is 19.5 Å². The largest absolute Gasteiger partial charge is 0.381 e. The van der Waals surface area contributed by atoms with Crippen LogP contribution in [0.2, 0.25) is 0 Å². The quantitative estimate of drug-likeness (QED) is 0.532. The summed E-state index contributed by atoms with van der Waals surface area (Å²) < 4.78 is 5.66. The summed E-state index contributed by atoms with van der Waals surface area (Å²) >= 11 is 0. The molecule has 2 aliphatic heterocycles. The molecule has 0 bridgehead atoms. The number of aromatic nitrogens is 1. The van der Waals surface area contributed by atoms with E-state index in [1.165, 1.54) is 0 Å². The maximum Gasteiger partial charge on any atom is 0.246 e. The molecule has 172 valence electrons. The van der Waals surface area contributed by atoms with Crippen LogP contribution in [0, 0.1) is 0 Å². The van der Waals surface area contributed by atoms with Gasteiger partial charge in [-0.1, -0.05) is 61.9 Å². The van der Waals surface area contributed by atoms with Crippen LogP contribution < -0.4 is 0 Å². The molecule has 6 heteroatoms. The van der Waals surface area contributed by atoms with Crippen molar-refractivity contribution in [2.24, 2.45) is 0 Å². The van der Waals surface area contributed by atoms with Crippen LogP contribution in [-0.4, -0.2) is 58.9 Å². The molecule has 1 aromatic heterocycles. The van der Waals surface area contributed by atoms with E-state index in [4.69, 9.17) is 4.74 Å². The molecule has 1 fully saturated rings. The first-order valence-electron chi connectivity index (χ1n) is 12.0. The van der Waals surface area contributed by atoms with Crippen molar-refractivity contribution in [3.8, 4) is 0 Å². The van der Waals surface area contributed by atoms with Gasteiger partial charge in [-0.25, -0.2) is 0 Å². The summed E-state index contributed by atoms with van der Waals surface area (Å²) in [4.78, 5) is 34.2. The van der Waals surface area contributed by atoms with E-state index in [-0.39, 0.29) is 24.4 Å². The molecule has 1 saturated heterocycles. The number of H-pyrrole nitrogens is 1. The summed E-state index contributed by atoms with van der Waals surface area (Å²) in [5, 5.41) is 1.13. The van der Waals surface area contributed by atoms with Crippen LogP contribution in [0.1, 0.15) is 49.0 Å². The number of unbranched alkanes of at least 4 members (excludes halogenated alkanes) is 1. The number of nitrogens with one attached hydrogen (secondary N) is 1. The molecule has 0 aliphatic carbocycles. The highest BCUT2D eigenvalue weighted by molar-refractivity contribution is 5.97. The third-order valence-electron chi connectivity index (χ3n) is 6.82. The Kier molecular flexibility index (Phi) is 6.18. The predicted octanol–water partition coefficient (Wildman–Crippen LogP) is 4.06. The van der Waals surface area contributed by atoms with Gasteiger partial charge in [-0.3, -0.25) is 9.59 Å². The van der Waals surface area contributed by atoms with Gasteiger partial charge >= 0.3 is 0 Å². The number of aromatic amines is 1. The summed E-state index contributed by atoms with van der Waals surface area (Å²) in [7, 11) is 0. The van der Waals surface area contributed by atoms with Crippen molar-refractivity contribution in [2.75, 3.05) is 26.3 Å². The molecular formula is C27H31N3O3. The number of para-hydroxylation sites is 1. The minimum absolute atomic E-state index is 0.00432. The maximum absolute atomic E-state index is 13.6. The van der Waals surface area contributed by atoms with Crippen LogP contribution in [0.25, 0.3) is 10.9 Å². The van der Waals surface area contributed by atoms with Crippen molar-refractivity contribution >= 4 is 22.7 Å². The van der Waals surface area contributed by atoms with E-state index in [2.05, 4.69) is 24.0 Å². The molecule has 33 heavy (non-hydrogen) atoms. The van der Waals surface area contributed by atoms with Gasteiger partial charge in [0, 0.05) is 42.8 Å². The van der Waals surface area contributed by atoms with Crippen LogP contribution in [-0.2, 0) is 20.7 Å². The summed E-state index contributed by atoms with van der Waals surface area (Å²) in [6.45, 7) is 4.19. The Balaban J connectivity index is 1.45. The zero-order chi connectivity index (χ0) is 22.8. The third-order valence-corrected chi connectivity index (χ3v) is 6.82. The summed E-state index contributed by atoms with van der Waals surface area (Å²) in [5.74, 6) is 0.0460. The lowest BCUT2D eigenvalue weighted by molar-refractivity contribution is -0.158. The minimum atomic E-state index is -0.482. The van der Waals surface area contributed by atoms with Crippen LogP contribution in [0.3, 0.4) is 0 Å². The lowest BCUT2D eigenvalue weighted by atomic mass is 9.86. The highest BCUT2D eigenvalue weighted by Gasteiger charge is 2.47. The Morgan fingerprint density at radius 2 is 1.76 bits per heavy atom. The average molecular weight is 446 g/mol. The maximum atomic E-state index is 13.6. The first-order chi connectivity index (χ1) is 16.2. The number of piperazine rings is 1. The van der Waals surface area contributed by atoms with Crippen molar-refractivity contribution in [2.45, 2.75) is 44.7 Å². The summed E-state index contributed by atoms with van der Waals surface area (Å²) in [5.41, 5.74) is 4.24. The van der Waals surface area contributed by atoms with E-state index in [0.29, 0.717) is 19.6 Å². The van der Waals surface area contributed by atoms with E-state index >= 15 is 0 Å². The number of carbonyl (C=O) groups is 2. The molecule has 0 spiro atoms. The molecule has 5 rings (SSSR count). The summed E-state index contributed by atoms with van der Waals surface area (Å²) in [6.07, 6.45) is 3.44. The molecule has 1 N–H and O–H groups in total. The van der Waals surface area contributed by atoms with Crippen molar-refractivity contribution in [3.05, 3.63) is 71.4 Å². The molecule has 0 unspecified atom stereocenters. The Hall–Kier alpha value is -3.12. The number of hydrogen-bond donors (Lipinski definition) is 1. The fraction of sp³-hybridized carbons (Fsp3) is 0.407. The van der Waals surface area contributed by atoms with Gasteiger partial charge in [0.1, 0.15) is 6.04 Å². The molecule has 2 aromatic carbocycles. The van der Waals surface area contributed by atoms with Gasteiger partial charge in [-0.15, -0.1) is 0 Å². The molecule has 2 amide bonds. The zero-order valence-corrected chi connectivity index (χ0v) is 19.1. The molecule has 6 nitrogen and oxygen atoms in total. The second kappa shape index (κ2) is 9.40. The Morgan fingerprint density at radius 3 is 2.58 bits per heavy atom. The van der Waals surface area contributed by atoms with E-state index in [1.807, 2.05) is 47.4 Å². The molecule has 2 atom stereocenters. The number of benzene rings is 2. The van der Waals surface area contributed by atoms with E-state index in [0.717, 1.165) is 53.6 Å². The minimum Gasteiger partial charge on any atom is -0.381 e. The second-order valence-corrected chi connectivity index (χ2v) is 8.98. The number of ether oxygens (including phenoxy) is 1. The Labute approximate surface area is 194 Å². The number of rotatable bonds is 8. The number of amides is 2. The molecule has 0 saturated carbocycles. The van der Waals surface area contributed by atoms with E-state index in [1.54, 1.807) is 4.90 Å². The van der Waals surface area contributed by atoms with Gasteiger partial charge in [0.2, 0.25) is 11.8 Å². The van der Waals surface area contributed by atoms with Crippen molar-refractivity contribution < 1.29 is 14.3 Å². The fourth-order valence-electron chi connectivity index (χ4n) is 5.20. The van der Waals surface area contributed by atoms with Crippen molar-refractivity contribution in [1.29, 1.82) is 0 Å². The highest BCUT2D eigenvalue weighted by Crippen LogP contribution is 2.42. The second-order valence-electron chi connectivity index (χ2n) is 8.98. The monoisotopic (exact) mass is 445 g/mol. The van der Waals surface area contributed by atoms with Crippen molar-refractivity contribution in [3.63, 3.8) is 0 Å². The van der Waals surface area contributed by atoms with Gasteiger partial charge in [0.25, 0.3) is 0 Å². The first kappa shape index (κ1) is 21.7. The number of fused-ring (bicyclic) bond motifs is 4. The predicted molar refractivity (Wildman–Crippen MR) is 128 cm³/mol. The van der Waals surface area contributed by atoms with E-state index < -0.39 is 6.04 Å². The van der Waals surface area contributed by atoms with Gasteiger partial charge in [0.05, 0.1) is 12.6 Å². The van der Waals surface area contributed by atoms with Crippen LogP contribution in [0.5, 0.6) is 0 Å². The summed E-state index contributed by atoms with van der Waals surface area (Å²) in [6, 6.07) is 17.5. The van der Waals surface area contributed by atoms with Crippen LogP contribution in [0.4, 0.5) is 0 Å². The highest BCUT2D eigenvalue weighted by atomic mass is 16.5. The number of carbonyl (C=O) groups excluding carboxylic acids is 2. The zero-order valence-electron chi connectivity index (χ0n) is 19.1. The number of nitrogens with zero attached hydrogens (tertiary/aromatic N) is 2. The first-order valence-corrected chi connectivity index (χ1v) is 12.0. The Bertz CT molecular complexity index is 1140. The van der Waals surface area contributed by atoms with Crippen LogP contribution in [0.15, 0.2) is 54.6 Å². The van der Waals surface area contributed by atoms with E-state index in [9.17, 15) is 9.59 Å². The number of hydrogen-bond acceptors (Lipinski definition) is 3. The SMILES string of the molecule is CCCCOCCCN1CC(=O)N2[C@H](c3ccccc3)c3[nH]c4ccccc4c3C[C@H]2C1=O. The van der Waals surface area contributed by atoms with Gasteiger partial charge in [0.15, 0.2) is 0 Å². The topological polar surface area (TPSA) is 65.6 Å². The average Bonchev–Trinajstić information content (AvgIpc) is 3.22. The fourth-order valence-corrected chi connectivity index (χ4v) is 5.20. The molecule has 3 aromatic rings. The lowest BCUT2D eigenvalue weighted by Crippen LogP contribution is -2.63.